The second-order valence-electron chi connectivity index (χ2n) is 8.94. The molecule has 1 aromatic carbocycles. The van der Waals surface area contributed by atoms with E-state index in [0.717, 1.165) is 48.0 Å². The van der Waals surface area contributed by atoms with Crippen molar-refractivity contribution >= 4 is 28.5 Å². The van der Waals surface area contributed by atoms with Crippen molar-refractivity contribution in [2.24, 2.45) is 11.7 Å². The highest BCUT2D eigenvalue weighted by Gasteiger charge is 2.27. The summed E-state index contributed by atoms with van der Waals surface area (Å²) in [6, 6.07) is 6.35. The van der Waals surface area contributed by atoms with Gasteiger partial charge in [0.25, 0.3) is 5.91 Å². The van der Waals surface area contributed by atoms with E-state index in [1.54, 1.807) is 12.4 Å². The molecule has 0 unspecified atom stereocenters. The Morgan fingerprint density at radius 1 is 1.12 bits per heavy atom. The standard InChI is InChI=1S/C25H32N6O2/c1-4-31-24-20(14-29-31)22(30-19-9-7-18(8-10-19)23(26)32)21(13-27-24)25(33)28-12-17-6-5-15(2)16(3)11-17/h5-6,11,13-14,18-19H,4,7-10,12H2,1-3H3,(H2,26,32)(H,27,30)(H,28,33)/t18-,19+. The molecule has 3 aromatic rings. The van der Waals surface area contributed by atoms with Gasteiger partial charge >= 0.3 is 0 Å². The van der Waals surface area contributed by atoms with Crippen molar-refractivity contribution in [3.63, 3.8) is 0 Å². The van der Waals surface area contributed by atoms with Gasteiger partial charge in [0.2, 0.25) is 5.91 Å². The van der Waals surface area contributed by atoms with Gasteiger partial charge in [-0.2, -0.15) is 5.10 Å². The van der Waals surface area contributed by atoms with E-state index >= 15 is 0 Å². The molecule has 0 bridgehead atoms. The minimum Gasteiger partial charge on any atom is -0.381 e. The first-order valence-electron chi connectivity index (χ1n) is 11.6. The first kappa shape index (κ1) is 22.8. The van der Waals surface area contributed by atoms with Gasteiger partial charge in [0, 0.05) is 31.2 Å². The number of hydrogen-bond donors (Lipinski definition) is 3. The number of carbonyl (C=O) groups is 2. The van der Waals surface area contributed by atoms with Gasteiger partial charge in [-0.05, 0) is 63.1 Å². The second-order valence-corrected chi connectivity index (χ2v) is 8.94. The summed E-state index contributed by atoms with van der Waals surface area (Å²) in [6.45, 7) is 7.28. The third-order valence-corrected chi connectivity index (χ3v) is 6.71. The first-order valence-corrected chi connectivity index (χ1v) is 11.6. The lowest BCUT2D eigenvalue weighted by Crippen LogP contribution is -2.33. The second kappa shape index (κ2) is 9.60. The Bertz CT molecular complexity index is 1180. The van der Waals surface area contributed by atoms with Crippen LogP contribution in [0.25, 0.3) is 11.0 Å². The third kappa shape index (κ3) is 4.84. The maximum absolute atomic E-state index is 13.2. The highest BCUT2D eigenvalue weighted by atomic mass is 16.2. The Kier molecular flexibility index (Phi) is 6.62. The molecule has 1 aliphatic carbocycles. The average Bonchev–Trinajstić information content (AvgIpc) is 3.24. The Labute approximate surface area is 193 Å². The van der Waals surface area contributed by atoms with Crippen LogP contribution in [-0.2, 0) is 17.9 Å². The fourth-order valence-electron chi connectivity index (χ4n) is 4.50. The van der Waals surface area contributed by atoms with Crippen molar-refractivity contribution in [2.75, 3.05) is 5.32 Å². The molecule has 2 amide bonds. The first-order chi connectivity index (χ1) is 15.9. The number of anilines is 1. The van der Waals surface area contributed by atoms with E-state index in [1.807, 2.05) is 17.7 Å². The maximum Gasteiger partial charge on any atom is 0.255 e. The number of carbonyl (C=O) groups excluding carboxylic acids is 2. The highest BCUT2D eigenvalue weighted by Crippen LogP contribution is 2.31. The van der Waals surface area contributed by atoms with Gasteiger partial charge in [-0.25, -0.2) is 9.67 Å². The van der Waals surface area contributed by atoms with Crippen LogP contribution in [0, 0.1) is 19.8 Å². The van der Waals surface area contributed by atoms with E-state index in [9.17, 15) is 9.59 Å². The Balaban J connectivity index is 1.58. The summed E-state index contributed by atoms with van der Waals surface area (Å²) in [7, 11) is 0. The maximum atomic E-state index is 13.2. The van der Waals surface area contributed by atoms with E-state index in [-0.39, 0.29) is 23.8 Å². The van der Waals surface area contributed by atoms with E-state index < -0.39 is 0 Å². The van der Waals surface area contributed by atoms with Crippen molar-refractivity contribution in [3.8, 4) is 0 Å². The Morgan fingerprint density at radius 2 is 1.88 bits per heavy atom. The van der Waals surface area contributed by atoms with E-state index in [1.165, 1.54) is 11.1 Å². The molecule has 0 aliphatic heterocycles. The number of aromatic nitrogens is 3. The lowest BCUT2D eigenvalue weighted by molar-refractivity contribution is -0.122. The van der Waals surface area contributed by atoms with Gasteiger partial charge in [-0.3, -0.25) is 9.59 Å². The summed E-state index contributed by atoms with van der Waals surface area (Å²) in [5.74, 6) is -0.473. The number of hydrogen-bond acceptors (Lipinski definition) is 5. The van der Waals surface area contributed by atoms with Crippen molar-refractivity contribution in [2.45, 2.75) is 65.6 Å². The van der Waals surface area contributed by atoms with Crippen LogP contribution in [0.2, 0.25) is 0 Å². The molecule has 0 atom stereocenters. The number of rotatable bonds is 7. The van der Waals surface area contributed by atoms with Gasteiger partial charge in [-0.15, -0.1) is 0 Å². The molecule has 2 aromatic heterocycles. The van der Waals surface area contributed by atoms with Crippen LogP contribution >= 0.6 is 0 Å². The molecule has 8 heteroatoms. The zero-order chi connectivity index (χ0) is 23.5. The molecule has 1 saturated carbocycles. The van der Waals surface area contributed by atoms with Gasteiger partial charge in [0.1, 0.15) is 0 Å². The van der Waals surface area contributed by atoms with E-state index in [2.05, 4.69) is 46.7 Å². The largest absolute Gasteiger partial charge is 0.381 e. The van der Waals surface area contributed by atoms with Gasteiger partial charge in [-0.1, -0.05) is 18.2 Å². The summed E-state index contributed by atoms with van der Waals surface area (Å²) in [6.07, 6.45) is 6.55. The number of nitrogens with one attached hydrogen (secondary N) is 2. The molecule has 0 radical (unpaired) electrons. The van der Waals surface area contributed by atoms with Crippen LogP contribution in [0.1, 0.15) is 59.7 Å². The summed E-state index contributed by atoms with van der Waals surface area (Å²) < 4.78 is 1.82. The fraction of sp³-hybridized carbons (Fsp3) is 0.440. The zero-order valence-electron chi connectivity index (χ0n) is 19.5. The summed E-state index contributed by atoms with van der Waals surface area (Å²) >= 11 is 0. The number of nitrogens with zero attached hydrogens (tertiary/aromatic N) is 3. The molecule has 1 fully saturated rings. The number of benzene rings is 1. The zero-order valence-corrected chi connectivity index (χ0v) is 19.5. The summed E-state index contributed by atoms with van der Waals surface area (Å²) in [5.41, 5.74) is 11.0. The van der Waals surface area contributed by atoms with Gasteiger partial charge in [0.15, 0.2) is 5.65 Å². The predicted octanol–water partition coefficient (Wildman–Crippen LogP) is 3.45. The summed E-state index contributed by atoms with van der Waals surface area (Å²) in [4.78, 5) is 29.3. The normalized spacial score (nSPS) is 18.3. The molecule has 8 nitrogen and oxygen atoms in total. The molecule has 4 N–H and O–H groups in total. The minimum atomic E-state index is -0.226. The Hall–Kier alpha value is -3.42. The molecular formula is C25H32N6O2. The highest BCUT2D eigenvalue weighted by molar-refractivity contribution is 6.06. The topological polar surface area (TPSA) is 115 Å². The smallest absolute Gasteiger partial charge is 0.255 e. The number of fused-ring (bicyclic) bond motifs is 1. The van der Waals surface area contributed by atoms with Crippen molar-refractivity contribution < 1.29 is 9.59 Å². The number of amides is 2. The number of pyridine rings is 1. The van der Waals surface area contributed by atoms with Crippen LogP contribution in [0.3, 0.4) is 0 Å². The van der Waals surface area contributed by atoms with Gasteiger partial charge < -0.3 is 16.4 Å². The molecular weight excluding hydrogens is 416 g/mol. The molecule has 2 heterocycles. The van der Waals surface area contributed by atoms with Crippen LogP contribution in [-0.4, -0.2) is 32.6 Å². The molecule has 4 rings (SSSR count). The molecule has 1 aliphatic rings. The van der Waals surface area contributed by atoms with E-state index in [0.29, 0.717) is 18.7 Å². The lowest BCUT2D eigenvalue weighted by atomic mass is 9.85. The average molecular weight is 449 g/mol. The van der Waals surface area contributed by atoms with Crippen molar-refractivity contribution in [3.05, 3.63) is 52.8 Å². The molecule has 0 spiro atoms. The quantitative estimate of drug-likeness (QED) is 0.512. The number of primary amides is 1. The third-order valence-electron chi connectivity index (χ3n) is 6.71. The Morgan fingerprint density at radius 3 is 2.55 bits per heavy atom. The van der Waals surface area contributed by atoms with Gasteiger partial charge in [0.05, 0.1) is 22.8 Å². The molecule has 0 saturated heterocycles. The number of nitrogens with two attached hydrogens (primary N) is 1. The van der Waals surface area contributed by atoms with Crippen molar-refractivity contribution in [1.82, 2.24) is 20.1 Å². The molecule has 174 valence electrons. The van der Waals surface area contributed by atoms with Crippen LogP contribution < -0.4 is 16.4 Å². The van der Waals surface area contributed by atoms with E-state index in [4.69, 9.17) is 5.73 Å². The predicted molar refractivity (Wildman–Crippen MR) is 129 cm³/mol. The van der Waals surface area contributed by atoms with Crippen LogP contribution in [0.15, 0.2) is 30.6 Å². The lowest BCUT2D eigenvalue weighted by Gasteiger charge is -2.29. The monoisotopic (exact) mass is 448 g/mol. The minimum absolute atomic E-state index is 0.0657. The number of aryl methyl sites for hydroxylation is 3. The summed E-state index contributed by atoms with van der Waals surface area (Å²) in [5, 5.41) is 11.9. The van der Waals surface area contributed by atoms with Crippen LogP contribution in [0.5, 0.6) is 0 Å². The molecule has 33 heavy (non-hydrogen) atoms. The SMILES string of the molecule is CCn1ncc2c(N[C@H]3CC[C@@H](C(N)=O)CC3)c(C(=O)NCc3ccc(C)c(C)c3)cnc21. The fourth-order valence-corrected chi connectivity index (χ4v) is 4.50. The van der Waals surface area contributed by atoms with Crippen LogP contribution in [0.4, 0.5) is 5.69 Å². The van der Waals surface area contributed by atoms with Crippen molar-refractivity contribution in [1.29, 1.82) is 0 Å².